The van der Waals surface area contributed by atoms with Crippen molar-refractivity contribution in [1.82, 2.24) is 19.5 Å². The van der Waals surface area contributed by atoms with Gasteiger partial charge in [0.2, 0.25) is 0 Å². The lowest BCUT2D eigenvalue weighted by atomic mass is 10.2. The van der Waals surface area contributed by atoms with Crippen LogP contribution in [0.3, 0.4) is 0 Å². The Kier molecular flexibility index (Phi) is 3.96. The van der Waals surface area contributed by atoms with Gasteiger partial charge in [-0.3, -0.25) is 9.55 Å². The first-order valence-corrected chi connectivity index (χ1v) is 7.78. The second-order valence-electron chi connectivity index (χ2n) is 4.73. The molecule has 3 aromatic rings. The molecule has 21 heavy (non-hydrogen) atoms. The van der Waals surface area contributed by atoms with Crippen molar-refractivity contribution < 1.29 is 0 Å². The summed E-state index contributed by atoms with van der Waals surface area (Å²) in [4.78, 5) is 14.4. The Morgan fingerprint density at radius 2 is 2.29 bits per heavy atom. The van der Waals surface area contributed by atoms with Crippen LogP contribution >= 0.6 is 11.3 Å². The van der Waals surface area contributed by atoms with Crippen LogP contribution in [-0.4, -0.2) is 19.5 Å². The van der Waals surface area contributed by atoms with Crippen LogP contribution in [0.25, 0.3) is 5.82 Å². The minimum Gasteiger partial charge on any atom is -0.361 e. The number of anilines is 1. The number of hydrogen-bond acceptors (Lipinski definition) is 5. The predicted octanol–water partition coefficient (Wildman–Crippen LogP) is 3.60. The first-order chi connectivity index (χ1) is 10.3. The molecular weight excluding hydrogens is 282 g/mol. The van der Waals surface area contributed by atoms with Crippen LogP contribution in [0.4, 0.5) is 5.82 Å². The zero-order valence-electron chi connectivity index (χ0n) is 12.0. The molecule has 0 bridgehead atoms. The zero-order chi connectivity index (χ0) is 14.7. The molecule has 6 heteroatoms. The summed E-state index contributed by atoms with van der Waals surface area (Å²) in [6, 6.07) is 4.48. The van der Waals surface area contributed by atoms with Crippen molar-refractivity contribution in [1.29, 1.82) is 0 Å². The van der Waals surface area contributed by atoms with Crippen molar-refractivity contribution in [2.45, 2.75) is 26.3 Å². The largest absolute Gasteiger partial charge is 0.361 e. The van der Waals surface area contributed by atoms with Crippen LogP contribution in [0.15, 0.2) is 42.3 Å². The maximum atomic E-state index is 4.63. The molecule has 0 saturated carbocycles. The van der Waals surface area contributed by atoms with E-state index in [-0.39, 0.29) is 6.04 Å². The van der Waals surface area contributed by atoms with Gasteiger partial charge in [-0.2, -0.15) is 0 Å². The first-order valence-electron chi connectivity index (χ1n) is 6.90. The third kappa shape index (κ3) is 2.95. The summed E-state index contributed by atoms with van der Waals surface area (Å²) < 4.78 is 1.92. The molecular formula is C15H17N5S. The molecule has 0 aliphatic carbocycles. The summed E-state index contributed by atoms with van der Waals surface area (Å²) in [7, 11) is 0. The second kappa shape index (κ2) is 6.05. The Labute approximate surface area is 127 Å². The van der Waals surface area contributed by atoms with E-state index >= 15 is 0 Å². The van der Waals surface area contributed by atoms with Gasteiger partial charge in [0.1, 0.15) is 11.6 Å². The van der Waals surface area contributed by atoms with Gasteiger partial charge in [0.05, 0.1) is 18.4 Å². The van der Waals surface area contributed by atoms with Crippen molar-refractivity contribution in [3.8, 4) is 5.82 Å². The SMILES string of the molecule is CC[C@H](Nc1cncc(-n2ccnc2C)n1)c1cccs1. The van der Waals surface area contributed by atoms with Crippen LogP contribution in [0.1, 0.15) is 30.1 Å². The quantitative estimate of drug-likeness (QED) is 0.782. The number of imidazole rings is 1. The average Bonchev–Trinajstić information content (AvgIpc) is 3.16. The van der Waals surface area contributed by atoms with Crippen molar-refractivity contribution in [3.63, 3.8) is 0 Å². The fourth-order valence-corrected chi connectivity index (χ4v) is 3.07. The number of aryl methyl sites for hydroxylation is 1. The lowest BCUT2D eigenvalue weighted by molar-refractivity contribution is 0.755. The highest BCUT2D eigenvalue weighted by molar-refractivity contribution is 7.10. The molecule has 0 fully saturated rings. The molecule has 3 heterocycles. The van der Waals surface area contributed by atoms with E-state index in [9.17, 15) is 0 Å². The van der Waals surface area contributed by atoms with E-state index in [4.69, 9.17) is 0 Å². The number of aromatic nitrogens is 4. The molecule has 1 N–H and O–H groups in total. The molecule has 0 spiro atoms. The minimum atomic E-state index is 0.262. The van der Waals surface area contributed by atoms with E-state index in [1.54, 1.807) is 29.9 Å². The van der Waals surface area contributed by atoms with E-state index in [1.807, 2.05) is 17.7 Å². The van der Waals surface area contributed by atoms with Crippen molar-refractivity contribution in [2.24, 2.45) is 0 Å². The van der Waals surface area contributed by atoms with Crippen LogP contribution < -0.4 is 5.32 Å². The molecule has 0 aliphatic heterocycles. The molecule has 0 aliphatic rings. The van der Waals surface area contributed by atoms with E-state index in [0.29, 0.717) is 0 Å². The van der Waals surface area contributed by atoms with Crippen molar-refractivity contribution in [2.75, 3.05) is 5.32 Å². The average molecular weight is 299 g/mol. The normalized spacial score (nSPS) is 12.3. The smallest absolute Gasteiger partial charge is 0.159 e. The van der Waals surface area contributed by atoms with Crippen LogP contribution in [0, 0.1) is 6.92 Å². The van der Waals surface area contributed by atoms with Gasteiger partial charge in [0, 0.05) is 17.3 Å². The van der Waals surface area contributed by atoms with E-state index in [1.165, 1.54) is 4.88 Å². The lowest BCUT2D eigenvalue weighted by Crippen LogP contribution is -2.11. The molecule has 0 radical (unpaired) electrons. The Morgan fingerprint density at radius 3 is 2.95 bits per heavy atom. The van der Waals surface area contributed by atoms with Crippen LogP contribution in [0.2, 0.25) is 0 Å². The van der Waals surface area contributed by atoms with E-state index in [2.05, 4.69) is 44.7 Å². The summed E-state index contributed by atoms with van der Waals surface area (Å²) in [5, 5.41) is 5.55. The third-order valence-electron chi connectivity index (χ3n) is 3.31. The van der Waals surface area contributed by atoms with E-state index in [0.717, 1.165) is 23.9 Å². The van der Waals surface area contributed by atoms with Gasteiger partial charge in [-0.05, 0) is 24.8 Å². The Morgan fingerprint density at radius 1 is 1.38 bits per heavy atom. The number of thiophene rings is 1. The summed E-state index contributed by atoms with van der Waals surface area (Å²) in [5.41, 5.74) is 0. The summed E-state index contributed by atoms with van der Waals surface area (Å²) >= 11 is 1.75. The standard InChI is InChI=1S/C15H17N5S/c1-3-12(13-5-4-8-21-13)18-14-9-16-10-15(19-14)20-7-6-17-11(20)2/h4-10,12H,3H2,1-2H3,(H,18,19)/t12-/m0/s1. The van der Waals surface area contributed by atoms with Crippen molar-refractivity contribution >= 4 is 17.2 Å². The van der Waals surface area contributed by atoms with E-state index < -0.39 is 0 Å². The second-order valence-corrected chi connectivity index (χ2v) is 5.71. The summed E-state index contributed by atoms with van der Waals surface area (Å²) in [6.45, 7) is 4.11. The Bertz CT molecular complexity index is 704. The maximum Gasteiger partial charge on any atom is 0.159 e. The van der Waals surface area contributed by atoms with Crippen LogP contribution in [0.5, 0.6) is 0 Å². The lowest BCUT2D eigenvalue weighted by Gasteiger charge is -2.16. The van der Waals surface area contributed by atoms with Gasteiger partial charge in [-0.1, -0.05) is 13.0 Å². The number of rotatable bonds is 5. The molecule has 0 unspecified atom stereocenters. The van der Waals surface area contributed by atoms with Crippen LogP contribution in [-0.2, 0) is 0 Å². The maximum absolute atomic E-state index is 4.63. The highest BCUT2D eigenvalue weighted by Gasteiger charge is 2.12. The summed E-state index contributed by atoms with van der Waals surface area (Å²) in [6.07, 6.45) is 8.14. The van der Waals surface area contributed by atoms with Gasteiger partial charge in [-0.25, -0.2) is 9.97 Å². The third-order valence-corrected chi connectivity index (χ3v) is 4.30. The topological polar surface area (TPSA) is 55.6 Å². The molecule has 5 nitrogen and oxygen atoms in total. The van der Waals surface area contributed by atoms with Crippen molar-refractivity contribution in [3.05, 3.63) is 53.0 Å². The highest BCUT2D eigenvalue weighted by atomic mass is 32.1. The molecule has 0 aromatic carbocycles. The highest BCUT2D eigenvalue weighted by Crippen LogP contribution is 2.25. The van der Waals surface area contributed by atoms with Gasteiger partial charge < -0.3 is 5.32 Å². The first kappa shape index (κ1) is 13.8. The Hall–Kier alpha value is -2.21. The van der Waals surface area contributed by atoms with Gasteiger partial charge in [0.15, 0.2) is 5.82 Å². The van der Waals surface area contributed by atoms with Gasteiger partial charge >= 0.3 is 0 Å². The molecule has 0 saturated heterocycles. The number of nitrogens with zero attached hydrogens (tertiary/aromatic N) is 4. The fourth-order valence-electron chi connectivity index (χ4n) is 2.20. The molecule has 3 rings (SSSR count). The van der Waals surface area contributed by atoms with Gasteiger partial charge in [0.25, 0.3) is 0 Å². The molecule has 3 aromatic heterocycles. The number of hydrogen-bond donors (Lipinski definition) is 1. The minimum absolute atomic E-state index is 0.262. The monoisotopic (exact) mass is 299 g/mol. The fraction of sp³-hybridized carbons (Fsp3) is 0.267. The Balaban J connectivity index is 1.85. The number of nitrogens with one attached hydrogen (secondary N) is 1. The molecule has 0 amide bonds. The summed E-state index contributed by atoms with van der Waals surface area (Å²) in [5.74, 6) is 2.45. The molecule has 1 atom stereocenters. The predicted molar refractivity (Wildman–Crippen MR) is 84.9 cm³/mol. The van der Waals surface area contributed by atoms with Gasteiger partial charge in [-0.15, -0.1) is 11.3 Å². The zero-order valence-corrected chi connectivity index (χ0v) is 12.8. The molecule has 108 valence electrons.